The Kier molecular flexibility index (Phi) is 5.46. The van der Waals surface area contributed by atoms with Gasteiger partial charge in [-0.1, -0.05) is 6.07 Å². The summed E-state index contributed by atoms with van der Waals surface area (Å²) in [5, 5.41) is 4.75. The third-order valence-electron chi connectivity index (χ3n) is 2.41. The van der Waals surface area contributed by atoms with Crippen molar-refractivity contribution in [3.05, 3.63) is 23.8 Å². The molecule has 0 heterocycles. The van der Waals surface area contributed by atoms with Gasteiger partial charge in [-0.05, 0) is 12.1 Å². The van der Waals surface area contributed by atoms with Crippen LogP contribution in [0.3, 0.4) is 0 Å². The highest BCUT2D eigenvalue weighted by atomic mass is 16.5. The lowest BCUT2D eigenvalue weighted by Gasteiger charge is -2.11. The number of nitrogens with two attached hydrogens (primary N) is 1. The third kappa shape index (κ3) is 4.06. The highest BCUT2D eigenvalue weighted by Crippen LogP contribution is 2.28. The van der Waals surface area contributed by atoms with Crippen LogP contribution < -0.4 is 25.8 Å². The molecule has 104 valence electrons. The summed E-state index contributed by atoms with van der Waals surface area (Å²) in [5.41, 5.74) is 6.34. The molecule has 4 N–H and O–H groups in total. The number of nitrogens with one attached hydrogen (secondary N) is 2. The average Bonchev–Trinajstić information content (AvgIpc) is 2.44. The number of nitrogens with zero attached hydrogens (tertiary/aromatic N) is 1. The highest BCUT2D eigenvalue weighted by Gasteiger charge is 2.09. The first-order valence-electron chi connectivity index (χ1n) is 5.60. The number of benzene rings is 1. The Morgan fingerprint density at radius 2 is 1.89 bits per heavy atom. The fourth-order valence-corrected chi connectivity index (χ4v) is 1.47. The van der Waals surface area contributed by atoms with Crippen molar-refractivity contribution < 1.29 is 14.3 Å². The standard InChI is InChI=1S/C12H18N4O3/c1-14-12(17)16-11(13)15-7-8-9(18-2)5-4-6-10(8)19-3/h4-6H,7H2,1-3H3,(H4,13,14,15,16,17). The molecule has 0 atom stereocenters. The van der Waals surface area contributed by atoms with Gasteiger partial charge in [-0.25, -0.2) is 9.79 Å². The molecule has 19 heavy (non-hydrogen) atoms. The van der Waals surface area contributed by atoms with E-state index in [2.05, 4.69) is 15.6 Å². The van der Waals surface area contributed by atoms with Crippen molar-refractivity contribution in [3.8, 4) is 11.5 Å². The Morgan fingerprint density at radius 3 is 2.37 bits per heavy atom. The second kappa shape index (κ2) is 7.10. The molecule has 7 nitrogen and oxygen atoms in total. The van der Waals surface area contributed by atoms with Crippen molar-refractivity contribution in [1.29, 1.82) is 0 Å². The van der Waals surface area contributed by atoms with Crippen LogP contribution in [-0.4, -0.2) is 33.3 Å². The fraction of sp³-hybridized carbons (Fsp3) is 0.333. The molecule has 0 spiro atoms. The van der Waals surface area contributed by atoms with E-state index in [0.29, 0.717) is 11.5 Å². The Hall–Kier alpha value is -2.44. The molecule has 0 aliphatic heterocycles. The van der Waals surface area contributed by atoms with Gasteiger partial charge in [0, 0.05) is 7.05 Å². The molecule has 0 saturated heterocycles. The zero-order valence-electron chi connectivity index (χ0n) is 11.2. The number of urea groups is 1. The molecular weight excluding hydrogens is 248 g/mol. The largest absolute Gasteiger partial charge is 0.496 e. The summed E-state index contributed by atoms with van der Waals surface area (Å²) in [6.45, 7) is 0.239. The quantitative estimate of drug-likeness (QED) is 0.544. The molecule has 0 fully saturated rings. The smallest absolute Gasteiger partial charge is 0.321 e. The minimum Gasteiger partial charge on any atom is -0.496 e. The molecule has 0 radical (unpaired) electrons. The number of amides is 2. The van der Waals surface area contributed by atoms with Crippen LogP contribution in [0, 0.1) is 0 Å². The van der Waals surface area contributed by atoms with Gasteiger partial charge in [0.05, 0.1) is 26.3 Å². The Labute approximate surface area is 111 Å². The number of carbonyl (C=O) groups is 1. The minimum atomic E-state index is -0.423. The monoisotopic (exact) mass is 266 g/mol. The molecule has 1 rings (SSSR count). The number of methoxy groups -OCH3 is 2. The van der Waals surface area contributed by atoms with Gasteiger partial charge in [0.15, 0.2) is 5.96 Å². The van der Waals surface area contributed by atoms with Crippen LogP contribution in [-0.2, 0) is 6.54 Å². The van der Waals surface area contributed by atoms with Gasteiger partial charge < -0.3 is 20.5 Å². The predicted molar refractivity (Wildman–Crippen MR) is 72.5 cm³/mol. The topological polar surface area (TPSA) is 98.0 Å². The SMILES string of the molecule is CNC(=O)NC(N)=NCc1c(OC)cccc1OC. The summed E-state index contributed by atoms with van der Waals surface area (Å²) < 4.78 is 10.5. The Balaban J connectivity index is 2.86. The van der Waals surface area contributed by atoms with E-state index >= 15 is 0 Å². The number of hydrogen-bond donors (Lipinski definition) is 3. The summed E-state index contributed by atoms with van der Waals surface area (Å²) >= 11 is 0. The lowest BCUT2D eigenvalue weighted by atomic mass is 10.2. The molecule has 1 aromatic carbocycles. The fourth-order valence-electron chi connectivity index (χ4n) is 1.47. The van der Waals surface area contributed by atoms with Crippen molar-refractivity contribution in [1.82, 2.24) is 10.6 Å². The molecule has 0 bridgehead atoms. The van der Waals surface area contributed by atoms with Gasteiger partial charge in [-0.15, -0.1) is 0 Å². The second-order valence-electron chi connectivity index (χ2n) is 3.55. The molecule has 7 heteroatoms. The highest BCUT2D eigenvalue weighted by molar-refractivity contribution is 5.95. The van der Waals surface area contributed by atoms with Crippen molar-refractivity contribution in [3.63, 3.8) is 0 Å². The maximum atomic E-state index is 11.0. The van der Waals surface area contributed by atoms with E-state index in [1.54, 1.807) is 26.4 Å². The summed E-state index contributed by atoms with van der Waals surface area (Å²) in [5.74, 6) is 1.32. The van der Waals surface area contributed by atoms with Crippen LogP contribution in [0.25, 0.3) is 0 Å². The normalized spacial score (nSPS) is 10.8. The molecular formula is C12H18N4O3. The molecule has 0 aliphatic carbocycles. The predicted octanol–water partition coefficient (Wildman–Crippen LogP) is 0.448. The summed E-state index contributed by atoms with van der Waals surface area (Å²) in [6, 6.07) is 5.00. The van der Waals surface area contributed by atoms with E-state index < -0.39 is 6.03 Å². The number of ether oxygens (including phenoxy) is 2. The zero-order valence-corrected chi connectivity index (χ0v) is 11.2. The van der Waals surface area contributed by atoms with Crippen LogP contribution in [0.1, 0.15) is 5.56 Å². The molecule has 0 unspecified atom stereocenters. The molecule has 0 aliphatic rings. The third-order valence-corrected chi connectivity index (χ3v) is 2.41. The lowest BCUT2D eigenvalue weighted by molar-refractivity contribution is 0.247. The van der Waals surface area contributed by atoms with Gasteiger partial charge >= 0.3 is 6.03 Å². The summed E-state index contributed by atoms with van der Waals surface area (Å²) in [7, 11) is 4.62. The summed E-state index contributed by atoms with van der Waals surface area (Å²) in [6.07, 6.45) is 0. The van der Waals surface area contributed by atoms with E-state index in [-0.39, 0.29) is 12.5 Å². The van der Waals surface area contributed by atoms with Crippen LogP contribution in [0.5, 0.6) is 11.5 Å². The Bertz CT molecular complexity index is 452. The van der Waals surface area contributed by atoms with Crippen molar-refractivity contribution in [2.75, 3.05) is 21.3 Å². The first kappa shape index (κ1) is 14.6. The van der Waals surface area contributed by atoms with Crippen LogP contribution in [0.15, 0.2) is 23.2 Å². The van der Waals surface area contributed by atoms with Gasteiger partial charge in [0.1, 0.15) is 11.5 Å². The number of aliphatic imine (C=N–C) groups is 1. The van der Waals surface area contributed by atoms with Crippen LogP contribution in [0.4, 0.5) is 4.79 Å². The van der Waals surface area contributed by atoms with Crippen molar-refractivity contribution in [2.24, 2.45) is 10.7 Å². The molecule has 1 aromatic rings. The van der Waals surface area contributed by atoms with E-state index in [1.807, 2.05) is 6.07 Å². The van der Waals surface area contributed by atoms with Crippen LogP contribution >= 0.6 is 0 Å². The van der Waals surface area contributed by atoms with E-state index in [4.69, 9.17) is 15.2 Å². The number of guanidine groups is 1. The zero-order chi connectivity index (χ0) is 14.3. The molecule has 0 aromatic heterocycles. The number of carbonyl (C=O) groups excluding carboxylic acids is 1. The van der Waals surface area contributed by atoms with Gasteiger partial charge in [-0.3, -0.25) is 5.32 Å². The van der Waals surface area contributed by atoms with E-state index in [0.717, 1.165) is 5.56 Å². The average molecular weight is 266 g/mol. The number of hydrogen-bond acceptors (Lipinski definition) is 4. The second-order valence-corrected chi connectivity index (χ2v) is 3.55. The first-order valence-corrected chi connectivity index (χ1v) is 5.60. The minimum absolute atomic E-state index is 0.0207. The van der Waals surface area contributed by atoms with Gasteiger partial charge in [0.25, 0.3) is 0 Å². The maximum absolute atomic E-state index is 11.0. The number of rotatable bonds is 4. The van der Waals surface area contributed by atoms with Gasteiger partial charge in [-0.2, -0.15) is 0 Å². The first-order chi connectivity index (χ1) is 9.12. The maximum Gasteiger partial charge on any atom is 0.321 e. The van der Waals surface area contributed by atoms with E-state index in [9.17, 15) is 4.79 Å². The summed E-state index contributed by atoms with van der Waals surface area (Å²) in [4.78, 5) is 15.1. The Morgan fingerprint density at radius 1 is 1.32 bits per heavy atom. The molecule has 0 saturated carbocycles. The van der Waals surface area contributed by atoms with Crippen molar-refractivity contribution >= 4 is 12.0 Å². The lowest BCUT2D eigenvalue weighted by Crippen LogP contribution is -2.41. The van der Waals surface area contributed by atoms with Gasteiger partial charge in [0.2, 0.25) is 0 Å². The molecule has 2 amide bonds. The van der Waals surface area contributed by atoms with Crippen molar-refractivity contribution in [2.45, 2.75) is 6.54 Å². The van der Waals surface area contributed by atoms with E-state index in [1.165, 1.54) is 7.05 Å². The van der Waals surface area contributed by atoms with Crippen LogP contribution in [0.2, 0.25) is 0 Å².